The first-order valence-electron chi connectivity index (χ1n) is 10.7. The fourth-order valence-corrected chi connectivity index (χ4v) is 5.57. The lowest BCUT2D eigenvalue weighted by atomic mass is 9.76. The highest BCUT2D eigenvalue weighted by atomic mass is 32.1. The second kappa shape index (κ2) is 7.94. The molecule has 4 heterocycles. The smallest absolute Gasteiger partial charge is 0.416 e. The molecule has 4 aromatic rings. The molecule has 1 aliphatic rings. The van der Waals surface area contributed by atoms with Gasteiger partial charge >= 0.3 is 6.18 Å². The number of thiophene rings is 1. The van der Waals surface area contributed by atoms with E-state index in [1.807, 2.05) is 25.1 Å². The Morgan fingerprint density at radius 1 is 1.20 bits per heavy atom. The molecular formula is C25H21F3N4O2S. The van der Waals surface area contributed by atoms with Gasteiger partial charge < -0.3 is 9.73 Å². The predicted octanol–water partition coefficient (Wildman–Crippen LogP) is 5.88. The zero-order valence-electron chi connectivity index (χ0n) is 19.0. The van der Waals surface area contributed by atoms with Crippen LogP contribution < -0.4 is 5.32 Å². The van der Waals surface area contributed by atoms with Gasteiger partial charge in [0.1, 0.15) is 5.58 Å². The summed E-state index contributed by atoms with van der Waals surface area (Å²) in [5.74, 6) is -1.01. The zero-order chi connectivity index (χ0) is 25.1. The van der Waals surface area contributed by atoms with Crippen LogP contribution in [0.3, 0.4) is 0 Å². The first-order chi connectivity index (χ1) is 16.5. The highest BCUT2D eigenvalue weighted by Crippen LogP contribution is 2.45. The van der Waals surface area contributed by atoms with Crippen molar-refractivity contribution < 1.29 is 22.4 Å². The number of halogens is 3. The molecule has 35 heavy (non-hydrogen) atoms. The van der Waals surface area contributed by atoms with Gasteiger partial charge in [0.2, 0.25) is 5.91 Å². The summed E-state index contributed by atoms with van der Waals surface area (Å²) in [6.45, 7) is 3.35. The molecular weight excluding hydrogens is 477 g/mol. The minimum Gasteiger partial charge on any atom is -0.464 e. The number of aryl methyl sites for hydroxylation is 1. The lowest BCUT2D eigenvalue weighted by Crippen LogP contribution is -2.62. The Balaban J connectivity index is 1.61. The summed E-state index contributed by atoms with van der Waals surface area (Å²) in [5.41, 5.74) is 0.628. The SMILES string of the molecule is Cc1cc(C(F)(F)F)cc(-c2csc([C@@]3(C)NC(=N)N(C)C(=O)[C@@H]3c3ccc4occc4c3)c2)n1. The van der Waals surface area contributed by atoms with Crippen molar-refractivity contribution >= 4 is 34.2 Å². The number of furan rings is 1. The molecule has 0 aliphatic carbocycles. The number of hydrogen-bond donors (Lipinski definition) is 2. The van der Waals surface area contributed by atoms with Crippen molar-refractivity contribution in [2.75, 3.05) is 7.05 Å². The molecule has 1 amide bonds. The van der Waals surface area contributed by atoms with E-state index in [9.17, 15) is 18.0 Å². The number of nitrogens with one attached hydrogen (secondary N) is 2. The predicted molar refractivity (Wildman–Crippen MR) is 127 cm³/mol. The molecule has 180 valence electrons. The summed E-state index contributed by atoms with van der Waals surface area (Å²) in [7, 11) is 1.54. The van der Waals surface area contributed by atoms with Crippen molar-refractivity contribution in [2.24, 2.45) is 0 Å². The van der Waals surface area contributed by atoms with E-state index in [0.717, 1.165) is 23.1 Å². The van der Waals surface area contributed by atoms with Gasteiger partial charge in [0.15, 0.2) is 5.96 Å². The molecule has 0 saturated carbocycles. The van der Waals surface area contributed by atoms with Crippen LogP contribution in [0.15, 0.2) is 58.5 Å². The Kier molecular flexibility index (Phi) is 5.24. The van der Waals surface area contributed by atoms with Gasteiger partial charge in [-0.2, -0.15) is 13.2 Å². The van der Waals surface area contributed by atoms with Crippen LogP contribution in [-0.4, -0.2) is 28.8 Å². The van der Waals surface area contributed by atoms with Crippen molar-refractivity contribution in [3.05, 3.63) is 75.8 Å². The monoisotopic (exact) mass is 498 g/mol. The van der Waals surface area contributed by atoms with Gasteiger partial charge in [-0.05, 0) is 55.8 Å². The van der Waals surface area contributed by atoms with E-state index in [-0.39, 0.29) is 23.3 Å². The molecule has 1 aromatic carbocycles. The Hall–Kier alpha value is -3.66. The van der Waals surface area contributed by atoms with Gasteiger partial charge in [0.25, 0.3) is 0 Å². The fraction of sp³-hybridized carbons (Fsp3) is 0.240. The summed E-state index contributed by atoms with van der Waals surface area (Å²) < 4.78 is 45.5. The molecule has 1 saturated heterocycles. The Bertz CT molecular complexity index is 1470. The molecule has 5 rings (SSSR count). The van der Waals surface area contributed by atoms with Gasteiger partial charge in [-0.3, -0.25) is 20.1 Å². The molecule has 1 aliphatic heterocycles. The number of alkyl halides is 3. The number of carbonyl (C=O) groups excluding carboxylic acids is 1. The zero-order valence-corrected chi connectivity index (χ0v) is 19.8. The molecule has 2 N–H and O–H groups in total. The minimum absolute atomic E-state index is 0.0545. The lowest BCUT2D eigenvalue weighted by molar-refractivity contribution is -0.137. The summed E-state index contributed by atoms with van der Waals surface area (Å²) >= 11 is 1.31. The van der Waals surface area contributed by atoms with Crippen LogP contribution in [-0.2, 0) is 16.5 Å². The number of amides is 1. The van der Waals surface area contributed by atoms with Crippen molar-refractivity contribution in [2.45, 2.75) is 31.5 Å². The minimum atomic E-state index is -4.49. The van der Waals surface area contributed by atoms with Crippen molar-refractivity contribution in [1.29, 1.82) is 5.41 Å². The number of likely N-dealkylation sites (N-methyl/N-ethyl adjacent to an activating group) is 1. The normalized spacial score (nSPS) is 21.0. The quantitative estimate of drug-likeness (QED) is 0.370. The standard InChI is InChI=1S/C25H21F3N4O2S/c1-13-8-17(25(26,27)28)11-18(30-13)16-10-20(35-12-16)24(2)21(22(33)32(3)23(29)31-24)15-4-5-19-14(9-15)6-7-34-19/h4-12,21H,1-3H3,(H2,29,31)/t21-,24+/m0/s1. The van der Waals surface area contributed by atoms with Gasteiger partial charge in [0, 0.05) is 33.9 Å². The van der Waals surface area contributed by atoms with Crippen LogP contribution in [0.5, 0.6) is 0 Å². The average molecular weight is 499 g/mol. The van der Waals surface area contributed by atoms with Gasteiger partial charge in [0.05, 0.1) is 29.0 Å². The number of benzene rings is 1. The second-order valence-corrected chi connectivity index (χ2v) is 9.72. The van der Waals surface area contributed by atoms with Crippen molar-refractivity contribution in [3.8, 4) is 11.3 Å². The molecule has 2 atom stereocenters. The number of guanidine groups is 1. The number of aromatic nitrogens is 1. The Morgan fingerprint density at radius 2 is 1.97 bits per heavy atom. The van der Waals surface area contributed by atoms with Gasteiger partial charge in [-0.1, -0.05) is 6.07 Å². The van der Waals surface area contributed by atoms with Crippen LogP contribution >= 0.6 is 11.3 Å². The maximum absolute atomic E-state index is 13.5. The molecule has 1 fully saturated rings. The van der Waals surface area contributed by atoms with E-state index in [4.69, 9.17) is 9.83 Å². The third-order valence-corrected chi connectivity index (χ3v) is 7.53. The van der Waals surface area contributed by atoms with Crippen LogP contribution in [0.2, 0.25) is 0 Å². The van der Waals surface area contributed by atoms with E-state index < -0.39 is 23.2 Å². The maximum Gasteiger partial charge on any atom is 0.416 e. The largest absolute Gasteiger partial charge is 0.464 e. The summed E-state index contributed by atoms with van der Waals surface area (Å²) in [6.07, 6.45) is -2.91. The molecule has 6 nitrogen and oxygen atoms in total. The molecule has 3 aromatic heterocycles. The first kappa shape index (κ1) is 23.1. The number of pyridine rings is 1. The number of hydrogen-bond acceptors (Lipinski definition) is 5. The van der Waals surface area contributed by atoms with Crippen LogP contribution in [0.1, 0.15) is 34.5 Å². The molecule has 0 unspecified atom stereocenters. The first-order valence-corrected chi connectivity index (χ1v) is 11.6. The van der Waals surface area contributed by atoms with E-state index >= 15 is 0 Å². The summed E-state index contributed by atoms with van der Waals surface area (Å²) in [5, 5.41) is 14.1. The molecule has 0 radical (unpaired) electrons. The highest BCUT2D eigenvalue weighted by Gasteiger charge is 2.49. The Morgan fingerprint density at radius 3 is 2.71 bits per heavy atom. The second-order valence-electron chi connectivity index (χ2n) is 8.80. The van der Waals surface area contributed by atoms with Crippen LogP contribution in [0, 0.1) is 12.3 Å². The van der Waals surface area contributed by atoms with E-state index in [2.05, 4.69) is 10.3 Å². The summed E-state index contributed by atoms with van der Waals surface area (Å²) in [4.78, 5) is 19.7. The topological polar surface area (TPSA) is 82.2 Å². The van der Waals surface area contributed by atoms with Gasteiger partial charge in [-0.15, -0.1) is 11.3 Å². The van der Waals surface area contributed by atoms with Crippen LogP contribution in [0.4, 0.5) is 13.2 Å². The number of rotatable bonds is 3. The van der Waals surface area contributed by atoms with E-state index in [1.54, 1.807) is 23.8 Å². The van der Waals surface area contributed by atoms with Gasteiger partial charge in [-0.25, -0.2) is 0 Å². The van der Waals surface area contributed by atoms with E-state index in [1.165, 1.54) is 30.2 Å². The van der Waals surface area contributed by atoms with Crippen molar-refractivity contribution in [1.82, 2.24) is 15.2 Å². The van der Waals surface area contributed by atoms with Crippen molar-refractivity contribution in [3.63, 3.8) is 0 Å². The van der Waals surface area contributed by atoms with E-state index in [0.29, 0.717) is 16.0 Å². The number of fused-ring (bicyclic) bond motifs is 1. The third kappa shape index (κ3) is 3.87. The third-order valence-electron chi connectivity index (χ3n) is 6.37. The number of carbonyl (C=O) groups is 1. The molecule has 0 spiro atoms. The maximum atomic E-state index is 13.5. The lowest BCUT2D eigenvalue weighted by Gasteiger charge is -2.45. The highest BCUT2D eigenvalue weighted by molar-refractivity contribution is 7.10. The summed E-state index contributed by atoms with van der Waals surface area (Å²) in [6, 6.07) is 11.1. The average Bonchev–Trinajstić information content (AvgIpc) is 3.46. The Labute approximate surface area is 202 Å². The fourth-order valence-electron chi connectivity index (χ4n) is 4.52. The number of nitrogens with zero attached hydrogens (tertiary/aromatic N) is 2. The molecule has 0 bridgehead atoms. The molecule has 10 heteroatoms. The van der Waals surface area contributed by atoms with Crippen LogP contribution in [0.25, 0.3) is 22.2 Å².